The minimum atomic E-state index is 0.587. The molecule has 1 saturated carbocycles. The smallest absolute Gasteiger partial charge is 0.135 e. The number of aromatic nitrogens is 2. The van der Waals surface area contributed by atoms with E-state index in [1.165, 1.54) is 37.2 Å². The van der Waals surface area contributed by atoms with E-state index in [4.69, 9.17) is 4.74 Å². The maximum Gasteiger partial charge on any atom is 0.135 e. The third-order valence-corrected chi connectivity index (χ3v) is 4.26. The highest BCUT2D eigenvalue weighted by atomic mass is 32.1. The van der Waals surface area contributed by atoms with Crippen LogP contribution in [0.2, 0.25) is 0 Å². The predicted molar refractivity (Wildman–Crippen MR) is 74.9 cm³/mol. The van der Waals surface area contributed by atoms with Crippen molar-refractivity contribution in [3.05, 3.63) is 5.69 Å². The zero-order valence-electron chi connectivity index (χ0n) is 11.3. The van der Waals surface area contributed by atoms with Crippen molar-refractivity contribution in [1.29, 1.82) is 0 Å². The van der Waals surface area contributed by atoms with Crippen LogP contribution < -0.4 is 5.32 Å². The summed E-state index contributed by atoms with van der Waals surface area (Å²) in [5.41, 5.74) is 0.950. The second-order valence-corrected chi connectivity index (χ2v) is 5.99. The third-order valence-electron chi connectivity index (χ3n) is 3.53. The zero-order valence-corrected chi connectivity index (χ0v) is 12.1. The van der Waals surface area contributed by atoms with Gasteiger partial charge in [-0.05, 0) is 31.6 Å². The lowest BCUT2D eigenvalue weighted by molar-refractivity contribution is 0.0643. The Hall–Kier alpha value is -0.680. The van der Waals surface area contributed by atoms with Gasteiger partial charge in [0.1, 0.15) is 10.7 Å². The van der Waals surface area contributed by atoms with E-state index in [1.807, 2.05) is 0 Å². The maximum atomic E-state index is 5.82. The van der Waals surface area contributed by atoms with Crippen LogP contribution in [0.25, 0.3) is 0 Å². The fourth-order valence-electron chi connectivity index (χ4n) is 2.63. The van der Waals surface area contributed by atoms with E-state index in [2.05, 4.69) is 28.8 Å². The Kier molecular flexibility index (Phi) is 5.38. The van der Waals surface area contributed by atoms with Crippen molar-refractivity contribution in [2.24, 2.45) is 11.8 Å². The Balaban J connectivity index is 1.72. The molecule has 0 saturated heterocycles. The molecular weight excluding hydrogens is 246 g/mol. The monoisotopic (exact) mass is 269 g/mol. The molecule has 2 rings (SSSR count). The lowest BCUT2D eigenvalue weighted by Gasteiger charge is -2.26. The molecule has 0 aliphatic heterocycles. The first-order chi connectivity index (χ1) is 8.79. The molecule has 1 fully saturated rings. The van der Waals surface area contributed by atoms with Crippen molar-refractivity contribution >= 4 is 16.5 Å². The molecule has 0 bridgehead atoms. The van der Waals surface area contributed by atoms with Gasteiger partial charge in [-0.2, -0.15) is 0 Å². The van der Waals surface area contributed by atoms with Gasteiger partial charge in [0.25, 0.3) is 0 Å². The highest BCUT2D eigenvalue weighted by Gasteiger charge is 2.19. The lowest BCUT2D eigenvalue weighted by atomic mass is 9.83. The van der Waals surface area contributed by atoms with E-state index in [0.29, 0.717) is 6.61 Å². The summed E-state index contributed by atoms with van der Waals surface area (Å²) < 4.78 is 9.78. The van der Waals surface area contributed by atoms with Gasteiger partial charge in [-0.3, -0.25) is 0 Å². The molecule has 1 aliphatic carbocycles. The van der Waals surface area contributed by atoms with Gasteiger partial charge < -0.3 is 10.1 Å². The topological polar surface area (TPSA) is 47.0 Å². The summed E-state index contributed by atoms with van der Waals surface area (Å²) >= 11 is 1.41. The molecule has 0 spiro atoms. The van der Waals surface area contributed by atoms with Crippen molar-refractivity contribution in [3.63, 3.8) is 0 Å². The van der Waals surface area contributed by atoms with Crippen molar-refractivity contribution in [1.82, 2.24) is 9.59 Å². The summed E-state index contributed by atoms with van der Waals surface area (Å²) in [6.07, 6.45) is 5.38. The van der Waals surface area contributed by atoms with Crippen LogP contribution in [0, 0.1) is 11.8 Å². The first kappa shape index (κ1) is 13.7. The number of ether oxygens (including phenoxy) is 1. The summed E-state index contributed by atoms with van der Waals surface area (Å²) in [6.45, 7) is 6.78. The van der Waals surface area contributed by atoms with Crippen LogP contribution in [0.1, 0.15) is 45.2 Å². The SMILES string of the molecule is CCNc1snnc1COCC1CCCC(C)C1. The number of hydrogen-bond donors (Lipinski definition) is 1. The molecule has 2 unspecified atom stereocenters. The summed E-state index contributed by atoms with van der Waals surface area (Å²) in [5, 5.41) is 8.43. The fraction of sp³-hybridized carbons (Fsp3) is 0.846. The van der Waals surface area contributed by atoms with Gasteiger partial charge >= 0.3 is 0 Å². The van der Waals surface area contributed by atoms with Crippen LogP contribution in [-0.4, -0.2) is 22.7 Å². The van der Waals surface area contributed by atoms with Gasteiger partial charge in [0.15, 0.2) is 0 Å². The molecule has 1 aliphatic rings. The van der Waals surface area contributed by atoms with E-state index in [1.54, 1.807) is 0 Å². The van der Waals surface area contributed by atoms with Crippen LogP contribution in [0.4, 0.5) is 5.00 Å². The Morgan fingerprint density at radius 2 is 2.33 bits per heavy atom. The first-order valence-corrected chi connectivity index (χ1v) is 7.69. The Morgan fingerprint density at radius 1 is 1.44 bits per heavy atom. The molecule has 5 heteroatoms. The number of hydrogen-bond acceptors (Lipinski definition) is 5. The normalized spacial score (nSPS) is 24.1. The van der Waals surface area contributed by atoms with Crippen LogP contribution in [0.5, 0.6) is 0 Å². The number of nitrogens with one attached hydrogen (secondary N) is 1. The number of anilines is 1. The van der Waals surface area contributed by atoms with E-state index < -0.39 is 0 Å². The van der Waals surface area contributed by atoms with Crippen LogP contribution in [0.3, 0.4) is 0 Å². The Morgan fingerprint density at radius 3 is 3.11 bits per heavy atom. The average molecular weight is 269 g/mol. The van der Waals surface area contributed by atoms with Crippen LogP contribution >= 0.6 is 11.5 Å². The molecule has 4 nitrogen and oxygen atoms in total. The largest absolute Gasteiger partial charge is 0.375 e. The highest BCUT2D eigenvalue weighted by Crippen LogP contribution is 2.29. The lowest BCUT2D eigenvalue weighted by Crippen LogP contribution is -2.18. The van der Waals surface area contributed by atoms with Crippen LogP contribution in [0.15, 0.2) is 0 Å². The molecule has 0 amide bonds. The van der Waals surface area contributed by atoms with Gasteiger partial charge in [-0.1, -0.05) is 24.3 Å². The van der Waals surface area contributed by atoms with E-state index in [9.17, 15) is 0 Å². The Bertz CT molecular complexity index is 356. The maximum absolute atomic E-state index is 5.82. The number of nitrogens with zero attached hydrogens (tertiary/aromatic N) is 2. The highest BCUT2D eigenvalue weighted by molar-refractivity contribution is 7.10. The van der Waals surface area contributed by atoms with E-state index in [0.717, 1.165) is 35.7 Å². The second-order valence-electron chi connectivity index (χ2n) is 5.23. The van der Waals surface area contributed by atoms with Crippen molar-refractivity contribution in [3.8, 4) is 0 Å². The van der Waals surface area contributed by atoms with Gasteiger partial charge in [0, 0.05) is 24.7 Å². The Labute approximate surface area is 113 Å². The summed E-state index contributed by atoms with van der Waals surface area (Å²) in [5.74, 6) is 1.61. The molecule has 2 atom stereocenters. The third kappa shape index (κ3) is 3.92. The van der Waals surface area contributed by atoms with Crippen molar-refractivity contribution in [2.75, 3.05) is 18.5 Å². The molecule has 1 aromatic heterocycles. The van der Waals surface area contributed by atoms with Crippen molar-refractivity contribution < 1.29 is 4.74 Å². The van der Waals surface area contributed by atoms with Crippen molar-refractivity contribution in [2.45, 2.75) is 46.1 Å². The van der Waals surface area contributed by atoms with Gasteiger partial charge in [-0.15, -0.1) is 5.10 Å². The second kappa shape index (κ2) is 7.04. The summed E-state index contributed by atoms with van der Waals surface area (Å²) in [4.78, 5) is 0. The van der Waals surface area contributed by atoms with Gasteiger partial charge in [0.05, 0.1) is 6.61 Å². The first-order valence-electron chi connectivity index (χ1n) is 6.92. The molecule has 0 aromatic carbocycles. The summed E-state index contributed by atoms with van der Waals surface area (Å²) in [7, 11) is 0. The summed E-state index contributed by atoms with van der Waals surface area (Å²) in [6, 6.07) is 0. The zero-order chi connectivity index (χ0) is 12.8. The standard InChI is InChI=1S/C13H23N3OS/c1-3-14-13-12(15-16-18-13)9-17-8-11-6-4-5-10(2)7-11/h10-11,14H,3-9H2,1-2H3. The quantitative estimate of drug-likeness (QED) is 0.860. The van der Waals surface area contributed by atoms with E-state index >= 15 is 0 Å². The fourth-order valence-corrected chi connectivity index (χ4v) is 3.27. The molecular formula is C13H23N3OS. The average Bonchev–Trinajstić information content (AvgIpc) is 2.78. The minimum Gasteiger partial charge on any atom is -0.375 e. The molecule has 102 valence electrons. The van der Waals surface area contributed by atoms with Gasteiger partial charge in [-0.25, -0.2) is 0 Å². The predicted octanol–water partition coefficient (Wildman–Crippen LogP) is 3.31. The molecule has 1 aromatic rings. The molecule has 1 N–H and O–H groups in total. The molecule has 0 radical (unpaired) electrons. The number of rotatable bonds is 6. The minimum absolute atomic E-state index is 0.587. The van der Waals surface area contributed by atoms with Gasteiger partial charge in [0.2, 0.25) is 0 Å². The van der Waals surface area contributed by atoms with Crippen LogP contribution in [-0.2, 0) is 11.3 Å². The molecule has 1 heterocycles. The molecule has 18 heavy (non-hydrogen) atoms. The van der Waals surface area contributed by atoms with E-state index in [-0.39, 0.29) is 0 Å².